The number of nitrogens with zero attached hydrogens (tertiary/aromatic N) is 1. The van der Waals surface area contributed by atoms with Gasteiger partial charge >= 0.3 is 0 Å². The van der Waals surface area contributed by atoms with Gasteiger partial charge < -0.3 is 9.84 Å². The highest BCUT2D eigenvalue weighted by atomic mass is 32.2. The number of hydrogen-bond acceptors (Lipinski definition) is 4. The third-order valence-corrected chi connectivity index (χ3v) is 3.79. The van der Waals surface area contributed by atoms with Gasteiger partial charge in [-0.2, -0.15) is 0 Å². The van der Waals surface area contributed by atoms with Gasteiger partial charge in [0.25, 0.3) is 5.91 Å². The number of methoxy groups -OCH3 is 1. The Morgan fingerprint density at radius 3 is 2.60 bits per heavy atom. The minimum Gasteiger partial charge on any atom is -0.507 e. The maximum atomic E-state index is 12.2. The second-order valence-corrected chi connectivity index (χ2v) is 5.56. The highest BCUT2D eigenvalue weighted by molar-refractivity contribution is 8.06. The summed E-state index contributed by atoms with van der Waals surface area (Å²) in [4.78, 5) is 14.4. The van der Waals surface area contributed by atoms with Gasteiger partial charge in [-0.25, -0.2) is 0 Å². The van der Waals surface area contributed by atoms with Crippen molar-refractivity contribution >= 4 is 23.7 Å². The monoisotopic (exact) mass is 291 g/mol. The second-order valence-electron chi connectivity index (χ2n) is 4.61. The lowest BCUT2D eigenvalue weighted by Crippen LogP contribution is -2.29. The van der Waals surface area contributed by atoms with Gasteiger partial charge in [0.05, 0.1) is 4.91 Å². The number of aryl methyl sites for hydroxylation is 2. The summed E-state index contributed by atoms with van der Waals surface area (Å²) < 4.78 is 4.99. The molecule has 0 unspecified atom stereocenters. The van der Waals surface area contributed by atoms with E-state index in [4.69, 9.17) is 4.74 Å². The van der Waals surface area contributed by atoms with E-state index in [2.05, 4.69) is 0 Å². The van der Waals surface area contributed by atoms with E-state index < -0.39 is 0 Å². The molecule has 106 valence electrons. The number of carbonyl (C=O) groups is 1. The molecule has 2 rings (SSSR count). The summed E-state index contributed by atoms with van der Waals surface area (Å²) in [5.74, 6) is 0.221. The van der Waals surface area contributed by atoms with Crippen molar-refractivity contribution in [3.05, 3.63) is 45.3 Å². The summed E-state index contributed by atoms with van der Waals surface area (Å²) >= 11 is 1.38. The van der Waals surface area contributed by atoms with Crippen LogP contribution in [0.5, 0.6) is 5.75 Å². The van der Waals surface area contributed by atoms with E-state index in [9.17, 15) is 9.90 Å². The van der Waals surface area contributed by atoms with E-state index in [0.29, 0.717) is 10.7 Å². The molecule has 4 nitrogen and oxygen atoms in total. The van der Waals surface area contributed by atoms with Crippen molar-refractivity contribution in [1.29, 1.82) is 0 Å². The number of benzene rings is 1. The maximum Gasteiger partial charge on any atom is 0.266 e. The SMILES string of the molecule is COCN1C=CSC(=Cc2cc(C)c(O)c(C)c2)C1=O. The number of phenols is 1. The van der Waals surface area contributed by atoms with Crippen LogP contribution in [0.25, 0.3) is 6.08 Å². The second kappa shape index (κ2) is 6.15. The van der Waals surface area contributed by atoms with Crippen LogP contribution in [0.3, 0.4) is 0 Å². The molecule has 1 N–H and O–H groups in total. The Balaban J connectivity index is 2.31. The first-order valence-corrected chi connectivity index (χ1v) is 7.06. The van der Waals surface area contributed by atoms with Crippen LogP contribution in [0.2, 0.25) is 0 Å². The van der Waals surface area contributed by atoms with Crippen molar-refractivity contribution in [1.82, 2.24) is 4.90 Å². The van der Waals surface area contributed by atoms with Crippen molar-refractivity contribution < 1.29 is 14.6 Å². The predicted octanol–water partition coefficient (Wildman–Crippen LogP) is 3.00. The van der Waals surface area contributed by atoms with Crippen molar-refractivity contribution in [2.75, 3.05) is 13.8 Å². The Labute approximate surface area is 122 Å². The topological polar surface area (TPSA) is 49.8 Å². The van der Waals surface area contributed by atoms with Crippen LogP contribution >= 0.6 is 11.8 Å². The van der Waals surface area contributed by atoms with Gasteiger partial charge in [-0.05, 0) is 54.2 Å². The molecule has 0 atom stereocenters. The first-order chi connectivity index (χ1) is 9.52. The molecule has 0 aromatic heterocycles. The lowest BCUT2D eigenvalue weighted by molar-refractivity contribution is -0.127. The molecule has 0 radical (unpaired) electrons. The Hall–Kier alpha value is -1.72. The number of thioether (sulfide) groups is 1. The molecule has 0 aliphatic carbocycles. The molecule has 0 bridgehead atoms. The fourth-order valence-corrected chi connectivity index (χ4v) is 2.77. The lowest BCUT2D eigenvalue weighted by atomic mass is 10.1. The fraction of sp³-hybridized carbons (Fsp3) is 0.267. The van der Waals surface area contributed by atoms with Crippen LogP contribution in [-0.4, -0.2) is 29.8 Å². The summed E-state index contributed by atoms with van der Waals surface area (Å²) in [5, 5.41) is 11.6. The Morgan fingerprint density at radius 2 is 2.00 bits per heavy atom. The number of hydrogen-bond donors (Lipinski definition) is 1. The van der Waals surface area contributed by atoms with Crippen molar-refractivity contribution in [3.8, 4) is 5.75 Å². The summed E-state index contributed by atoms with van der Waals surface area (Å²) in [5.41, 5.74) is 2.50. The molecule has 0 fully saturated rings. The number of ether oxygens (including phenoxy) is 1. The summed E-state index contributed by atoms with van der Waals surface area (Å²) in [7, 11) is 1.55. The Kier molecular flexibility index (Phi) is 4.52. The molecule has 0 spiro atoms. The third kappa shape index (κ3) is 3.05. The van der Waals surface area contributed by atoms with E-state index >= 15 is 0 Å². The van der Waals surface area contributed by atoms with Gasteiger partial charge in [-0.15, -0.1) is 0 Å². The zero-order valence-electron chi connectivity index (χ0n) is 11.7. The van der Waals surface area contributed by atoms with Gasteiger partial charge in [0.2, 0.25) is 0 Å². The number of aromatic hydroxyl groups is 1. The number of phenolic OH excluding ortho intramolecular Hbond substituents is 1. The van der Waals surface area contributed by atoms with Crippen LogP contribution in [0.4, 0.5) is 0 Å². The van der Waals surface area contributed by atoms with Crippen LogP contribution in [-0.2, 0) is 9.53 Å². The molecule has 1 aliphatic heterocycles. The molecule has 20 heavy (non-hydrogen) atoms. The number of rotatable bonds is 3. The number of carbonyl (C=O) groups excluding carboxylic acids is 1. The maximum absolute atomic E-state index is 12.2. The average molecular weight is 291 g/mol. The Morgan fingerprint density at radius 1 is 1.35 bits per heavy atom. The van der Waals surface area contributed by atoms with Crippen LogP contribution in [0.1, 0.15) is 16.7 Å². The molecule has 1 aromatic rings. The molecule has 1 aromatic carbocycles. The van der Waals surface area contributed by atoms with Crippen molar-refractivity contribution in [2.45, 2.75) is 13.8 Å². The van der Waals surface area contributed by atoms with Crippen LogP contribution in [0, 0.1) is 13.8 Å². The van der Waals surface area contributed by atoms with E-state index in [-0.39, 0.29) is 12.6 Å². The molecule has 0 saturated carbocycles. The summed E-state index contributed by atoms with van der Waals surface area (Å²) in [6, 6.07) is 3.73. The third-order valence-electron chi connectivity index (χ3n) is 2.99. The molecular formula is C15H17NO3S. The van der Waals surface area contributed by atoms with E-state index in [1.165, 1.54) is 16.7 Å². The minimum atomic E-state index is -0.0808. The lowest BCUT2D eigenvalue weighted by Gasteiger charge is -2.21. The number of amides is 1. The first-order valence-electron chi connectivity index (χ1n) is 6.18. The van der Waals surface area contributed by atoms with Crippen LogP contribution < -0.4 is 0 Å². The highest BCUT2D eigenvalue weighted by Gasteiger charge is 2.20. The molecule has 1 amide bonds. The van der Waals surface area contributed by atoms with Gasteiger partial charge in [0.15, 0.2) is 0 Å². The molecule has 0 saturated heterocycles. The zero-order chi connectivity index (χ0) is 14.7. The van der Waals surface area contributed by atoms with Crippen LogP contribution in [0.15, 0.2) is 28.6 Å². The highest BCUT2D eigenvalue weighted by Crippen LogP contribution is 2.29. The van der Waals surface area contributed by atoms with E-state index in [0.717, 1.165) is 16.7 Å². The van der Waals surface area contributed by atoms with Gasteiger partial charge in [0, 0.05) is 13.3 Å². The van der Waals surface area contributed by atoms with E-state index in [1.54, 1.807) is 13.3 Å². The smallest absolute Gasteiger partial charge is 0.266 e. The first kappa shape index (κ1) is 14.7. The molecular weight excluding hydrogens is 274 g/mol. The quantitative estimate of drug-likeness (QED) is 0.870. The minimum absolute atomic E-state index is 0.0808. The summed E-state index contributed by atoms with van der Waals surface area (Å²) in [6.45, 7) is 3.93. The largest absolute Gasteiger partial charge is 0.507 e. The zero-order valence-corrected chi connectivity index (χ0v) is 12.5. The average Bonchev–Trinajstić information content (AvgIpc) is 2.41. The normalized spacial score (nSPS) is 17.1. The summed E-state index contributed by atoms with van der Waals surface area (Å²) in [6.07, 6.45) is 3.54. The fourth-order valence-electron chi connectivity index (χ4n) is 2.00. The Bertz CT molecular complexity index is 570. The van der Waals surface area contributed by atoms with Gasteiger partial charge in [-0.3, -0.25) is 9.69 Å². The standard InChI is InChI=1S/C15H17NO3S/c1-10-6-12(7-11(2)14(10)17)8-13-15(18)16(9-19-3)4-5-20-13/h4-8,17H,9H2,1-3H3. The van der Waals surface area contributed by atoms with Crippen molar-refractivity contribution in [2.24, 2.45) is 0 Å². The van der Waals surface area contributed by atoms with E-state index in [1.807, 2.05) is 37.5 Å². The molecule has 1 aliphatic rings. The van der Waals surface area contributed by atoms with Gasteiger partial charge in [-0.1, -0.05) is 11.8 Å². The molecule has 1 heterocycles. The van der Waals surface area contributed by atoms with Crippen molar-refractivity contribution in [3.63, 3.8) is 0 Å². The van der Waals surface area contributed by atoms with Gasteiger partial charge in [0.1, 0.15) is 12.5 Å². The predicted molar refractivity (Wildman–Crippen MR) is 81.0 cm³/mol. The molecule has 5 heteroatoms.